The fourth-order valence-corrected chi connectivity index (χ4v) is 5.20. The molecule has 2 rings (SSSR count). The molecule has 2 amide bonds. The normalized spacial score (nSPS) is 12.6. The van der Waals surface area contributed by atoms with E-state index in [0.29, 0.717) is 5.56 Å². The lowest BCUT2D eigenvalue weighted by atomic mass is 9.99. The quantitative estimate of drug-likeness (QED) is 0.302. The van der Waals surface area contributed by atoms with Gasteiger partial charge in [-0.15, -0.1) is 0 Å². The third-order valence-electron chi connectivity index (χ3n) is 5.15. The monoisotopic (exact) mass is 516 g/mol. The molecule has 0 aliphatic heterocycles. The molecule has 0 aliphatic carbocycles. The maximum absolute atomic E-state index is 13.6. The van der Waals surface area contributed by atoms with E-state index in [4.69, 9.17) is 9.05 Å². The molecule has 0 aromatic heterocycles. The maximum Gasteiger partial charge on any atom is 0.340 e. The lowest BCUT2D eigenvalue weighted by Crippen LogP contribution is -2.54. The predicted octanol–water partition coefficient (Wildman–Crippen LogP) is 4.84. The van der Waals surface area contributed by atoms with Crippen molar-refractivity contribution in [2.75, 3.05) is 19.4 Å². The van der Waals surface area contributed by atoms with E-state index in [-0.39, 0.29) is 32.0 Å². The van der Waals surface area contributed by atoms with Crippen LogP contribution in [0.1, 0.15) is 57.0 Å². The average Bonchev–Trinajstić information content (AvgIpc) is 2.81. The molecule has 1 unspecified atom stereocenters. The first kappa shape index (κ1) is 29.4. The van der Waals surface area contributed by atoms with Crippen LogP contribution in [-0.4, -0.2) is 53.5 Å². The standard InChI is InChI=1S/C27H37N2O6P/c1-6-34-36(33,35-7-2)20-25(31)29(19-21-14-10-8-11-15-21)23(26(32)28-27(3,4)5)18-24(30)22-16-12-9-13-17-22/h8-17,23H,6-7,18-20H2,1-5H3,(H,28,32). The van der Waals surface area contributed by atoms with Gasteiger partial charge in [0.2, 0.25) is 11.8 Å². The molecule has 0 heterocycles. The molecule has 196 valence electrons. The van der Waals surface area contributed by atoms with Crippen LogP contribution in [0.2, 0.25) is 0 Å². The highest BCUT2D eigenvalue weighted by Crippen LogP contribution is 2.48. The van der Waals surface area contributed by atoms with Gasteiger partial charge in [-0.3, -0.25) is 18.9 Å². The summed E-state index contributed by atoms with van der Waals surface area (Å²) in [6.45, 7) is 9.04. The summed E-state index contributed by atoms with van der Waals surface area (Å²) in [6.07, 6.45) is -0.779. The molecule has 0 radical (unpaired) electrons. The van der Waals surface area contributed by atoms with Crippen molar-refractivity contribution in [2.24, 2.45) is 0 Å². The first-order chi connectivity index (χ1) is 17.0. The maximum atomic E-state index is 13.6. The van der Waals surface area contributed by atoms with Crippen molar-refractivity contribution in [1.29, 1.82) is 0 Å². The van der Waals surface area contributed by atoms with Crippen molar-refractivity contribution in [3.05, 3.63) is 71.8 Å². The Balaban J connectivity index is 2.49. The Bertz CT molecular complexity index is 1040. The van der Waals surface area contributed by atoms with Crippen LogP contribution in [0.15, 0.2) is 60.7 Å². The lowest BCUT2D eigenvalue weighted by molar-refractivity contribution is -0.140. The number of nitrogens with one attached hydrogen (secondary N) is 1. The number of carbonyl (C=O) groups excluding carboxylic acids is 3. The number of amides is 2. The van der Waals surface area contributed by atoms with E-state index >= 15 is 0 Å². The predicted molar refractivity (Wildman–Crippen MR) is 140 cm³/mol. The number of hydrogen-bond donors (Lipinski definition) is 1. The second kappa shape index (κ2) is 13.5. The van der Waals surface area contributed by atoms with Crippen LogP contribution in [0.3, 0.4) is 0 Å². The van der Waals surface area contributed by atoms with Gasteiger partial charge in [0.25, 0.3) is 0 Å². The summed E-state index contributed by atoms with van der Waals surface area (Å²) in [5.74, 6) is -1.36. The summed E-state index contributed by atoms with van der Waals surface area (Å²) in [7, 11) is -3.75. The minimum atomic E-state index is -3.75. The van der Waals surface area contributed by atoms with Crippen molar-refractivity contribution in [2.45, 2.75) is 59.2 Å². The third-order valence-corrected chi connectivity index (χ3v) is 7.11. The van der Waals surface area contributed by atoms with Crippen LogP contribution in [0.4, 0.5) is 0 Å². The van der Waals surface area contributed by atoms with E-state index in [1.165, 1.54) is 4.90 Å². The van der Waals surface area contributed by atoms with Gasteiger partial charge in [-0.05, 0) is 40.2 Å². The molecule has 0 aliphatic rings. The molecule has 36 heavy (non-hydrogen) atoms. The fourth-order valence-electron chi connectivity index (χ4n) is 3.65. The van der Waals surface area contributed by atoms with Gasteiger partial charge in [-0.1, -0.05) is 60.7 Å². The number of carbonyl (C=O) groups is 3. The Morgan fingerprint density at radius 1 is 0.917 bits per heavy atom. The van der Waals surface area contributed by atoms with Crippen LogP contribution < -0.4 is 5.32 Å². The van der Waals surface area contributed by atoms with Crippen LogP contribution in [0, 0.1) is 0 Å². The molecular weight excluding hydrogens is 479 g/mol. The highest BCUT2D eigenvalue weighted by Gasteiger charge is 2.37. The summed E-state index contributed by atoms with van der Waals surface area (Å²) in [6, 6.07) is 16.6. The topological polar surface area (TPSA) is 102 Å². The van der Waals surface area contributed by atoms with E-state index in [9.17, 15) is 18.9 Å². The van der Waals surface area contributed by atoms with E-state index in [1.54, 1.807) is 44.2 Å². The van der Waals surface area contributed by atoms with Gasteiger partial charge in [0.1, 0.15) is 12.2 Å². The Morgan fingerprint density at radius 2 is 1.44 bits per heavy atom. The van der Waals surface area contributed by atoms with Gasteiger partial charge >= 0.3 is 7.60 Å². The molecule has 8 nitrogen and oxygen atoms in total. The van der Waals surface area contributed by atoms with Gasteiger partial charge in [0, 0.05) is 24.1 Å². The van der Waals surface area contributed by atoms with E-state index in [0.717, 1.165) is 5.56 Å². The minimum Gasteiger partial charge on any atom is -0.350 e. The summed E-state index contributed by atoms with van der Waals surface area (Å²) in [5, 5.41) is 2.89. The molecule has 0 bridgehead atoms. The molecule has 1 N–H and O–H groups in total. The highest BCUT2D eigenvalue weighted by molar-refractivity contribution is 7.54. The summed E-state index contributed by atoms with van der Waals surface area (Å²) in [4.78, 5) is 41.6. The zero-order valence-corrected chi connectivity index (χ0v) is 22.6. The number of hydrogen-bond acceptors (Lipinski definition) is 6. The van der Waals surface area contributed by atoms with Gasteiger partial charge in [0.05, 0.1) is 13.2 Å². The van der Waals surface area contributed by atoms with E-state index in [1.807, 2.05) is 51.1 Å². The molecule has 9 heteroatoms. The zero-order valence-electron chi connectivity index (χ0n) is 21.7. The first-order valence-corrected chi connectivity index (χ1v) is 13.8. The largest absolute Gasteiger partial charge is 0.350 e. The second-order valence-electron chi connectivity index (χ2n) is 9.36. The molecule has 0 saturated heterocycles. The minimum absolute atomic E-state index is 0.0439. The van der Waals surface area contributed by atoms with Crippen molar-refractivity contribution in [3.63, 3.8) is 0 Å². The fraction of sp³-hybridized carbons (Fsp3) is 0.444. The first-order valence-electron chi connectivity index (χ1n) is 12.1. The van der Waals surface area contributed by atoms with Gasteiger partial charge in [0.15, 0.2) is 5.78 Å². The second-order valence-corrected chi connectivity index (χ2v) is 11.4. The molecule has 0 saturated carbocycles. The summed E-state index contributed by atoms with van der Waals surface area (Å²) in [5.41, 5.74) is 0.597. The zero-order chi connectivity index (χ0) is 26.8. The SMILES string of the molecule is CCOP(=O)(CC(=O)N(Cc1ccccc1)C(CC(=O)c1ccccc1)C(=O)NC(C)(C)C)OCC. The molecular formula is C27H37N2O6P. The van der Waals surface area contributed by atoms with E-state index in [2.05, 4.69) is 5.32 Å². The van der Waals surface area contributed by atoms with Gasteiger partial charge < -0.3 is 19.3 Å². The smallest absolute Gasteiger partial charge is 0.340 e. The Kier molecular flexibility index (Phi) is 11.0. The van der Waals surface area contributed by atoms with Crippen LogP contribution >= 0.6 is 7.60 Å². The van der Waals surface area contributed by atoms with Crippen LogP contribution in [-0.2, 0) is 29.7 Å². The van der Waals surface area contributed by atoms with E-state index < -0.39 is 37.2 Å². The van der Waals surface area contributed by atoms with Crippen molar-refractivity contribution < 1.29 is 28.0 Å². The Hall–Kier alpha value is -2.80. The Labute approximate surface area is 213 Å². The number of benzene rings is 2. The molecule has 0 spiro atoms. The molecule has 1 atom stereocenters. The highest BCUT2D eigenvalue weighted by atomic mass is 31.2. The number of nitrogens with zero attached hydrogens (tertiary/aromatic N) is 1. The van der Waals surface area contributed by atoms with Gasteiger partial charge in [-0.2, -0.15) is 0 Å². The van der Waals surface area contributed by atoms with Crippen molar-refractivity contribution >= 4 is 25.2 Å². The molecule has 2 aromatic rings. The summed E-state index contributed by atoms with van der Waals surface area (Å²) < 4.78 is 23.8. The number of ketones is 1. The lowest BCUT2D eigenvalue weighted by Gasteiger charge is -2.34. The third kappa shape index (κ3) is 9.34. The molecule has 2 aromatic carbocycles. The van der Waals surface area contributed by atoms with Crippen molar-refractivity contribution in [3.8, 4) is 0 Å². The molecule has 0 fully saturated rings. The number of Topliss-reactive ketones (excluding diaryl/α,β-unsaturated/α-hetero) is 1. The van der Waals surface area contributed by atoms with Crippen LogP contribution in [0.5, 0.6) is 0 Å². The van der Waals surface area contributed by atoms with Crippen LogP contribution in [0.25, 0.3) is 0 Å². The van der Waals surface area contributed by atoms with Crippen molar-refractivity contribution in [1.82, 2.24) is 10.2 Å². The number of rotatable bonds is 13. The van der Waals surface area contributed by atoms with Gasteiger partial charge in [-0.25, -0.2) is 0 Å². The average molecular weight is 517 g/mol. The Morgan fingerprint density at radius 3 is 1.94 bits per heavy atom. The summed E-state index contributed by atoms with van der Waals surface area (Å²) >= 11 is 0.